The zero-order chi connectivity index (χ0) is 28.4. The zero-order valence-electron chi connectivity index (χ0n) is 24.4. The molecule has 0 aromatic carbocycles. The summed E-state index contributed by atoms with van der Waals surface area (Å²) in [7, 11) is 1.75. The molecule has 0 aromatic heterocycles. The summed E-state index contributed by atoms with van der Waals surface area (Å²) in [6.07, 6.45) is 8.15. The highest BCUT2D eigenvalue weighted by Gasteiger charge is 2.52. The number of rotatable bonds is 6. The molecule has 8 nitrogen and oxygen atoms in total. The predicted molar refractivity (Wildman–Crippen MR) is 153 cm³/mol. The molecule has 3 saturated carbocycles. The molecule has 10 heteroatoms. The number of nitrogens with one attached hydrogen (secondary N) is 1. The largest absolute Gasteiger partial charge is 0.381 e. The summed E-state index contributed by atoms with van der Waals surface area (Å²) in [6, 6.07) is -0.454. The highest BCUT2D eigenvalue weighted by atomic mass is 35.5. The Hall–Kier alpha value is -1.45. The van der Waals surface area contributed by atoms with Gasteiger partial charge in [-0.3, -0.25) is 14.7 Å². The molecule has 4 fully saturated rings. The van der Waals surface area contributed by atoms with Crippen molar-refractivity contribution >= 4 is 29.4 Å². The Kier molecular flexibility index (Phi) is 9.94. The number of ether oxygens (including phenoxy) is 2. The number of carbonyl (C=O) groups is 2. The molecule has 0 bridgehead atoms. The highest BCUT2D eigenvalue weighted by Crippen LogP contribution is 2.45. The van der Waals surface area contributed by atoms with E-state index in [1.54, 1.807) is 12.0 Å². The Morgan fingerprint density at radius 1 is 1.07 bits per heavy atom. The molecule has 2 aliphatic heterocycles. The first-order valence-electron chi connectivity index (χ1n) is 15.6. The number of aliphatic imine (C=N–C) groups is 1. The van der Waals surface area contributed by atoms with Gasteiger partial charge in [0.25, 0.3) is 0 Å². The Balaban J connectivity index is 1.54. The number of methoxy groups -OCH3 is 1. The molecule has 0 spiro atoms. The molecule has 2 heterocycles. The summed E-state index contributed by atoms with van der Waals surface area (Å²) in [4.78, 5) is 35.9. The van der Waals surface area contributed by atoms with Gasteiger partial charge in [0.2, 0.25) is 5.91 Å². The molecule has 3 amide bonds. The fourth-order valence-corrected chi connectivity index (χ4v) is 8.17. The van der Waals surface area contributed by atoms with Crippen LogP contribution in [0.5, 0.6) is 0 Å². The molecule has 0 aromatic rings. The van der Waals surface area contributed by atoms with Crippen LogP contribution in [0.4, 0.5) is 9.18 Å². The fourth-order valence-electron chi connectivity index (χ4n) is 7.92. The van der Waals surface area contributed by atoms with Gasteiger partial charge in [-0.15, -0.1) is 11.6 Å². The lowest BCUT2D eigenvalue weighted by Gasteiger charge is -2.44. The molecule has 5 unspecified atom stereocenters. The summed E-state index contributed by atoms with van der Waals surface area (Å²) in [5, 5.41) is 3.02. The van der Waals surface area contributed by atoms with Gasteiger partial charge in [0, 0.05) is 37.9 Å². The van der Waals surface area contributed by atoms with Crippen LogP contribution in [0, 0.1) is 17.8 Å². The van der Waals surface area contributed by atoms with Crippen LogP contribution in [0.3, 0.4) is 0 Å². The van der Waals surface area contributed by atoms with Crippen molar-refractivity contribution in [2.24, 2.45) is 22.7 Å². The molecule has 3 aliphatic carbocycles. The summed E-state index contributed by atoms with van der Waals surface area (Å²) in [5.74, 6) is 0.926. The average molecular weight is 583 g/mol. The van der Waals surface area contributed by atoms with Gasteiger partial charge >= 0.3 is 6.03 Å². The van der Waals surface area contributed by atoms with E-state index in [4.69, 9.17) is 26.1 Å². The third-order valence-electron chi connectivity index (χ3n) is 9.86. The van der Waals surface area contributed by atoms with E-state index in [0.29, 0.717) is 31.8 Å². The maximum atomic E-state index is 14.9. The van der Waals surface area contributed by atoms with Gasteiger partial charge in [0.05, 0.1) is 30.4 Å². The quantitative estimate of drug-likeness (QED) is 0.451. The van der Waals surface area contributed by atoms with Crippen LogP contribution >= 0.6 is 11.6 Å². The minimum atomic E-state index is -0.853. The van der Waals surface area contributed by atoms with E-state index in [1.807, 2.05) is 18.7 Å². The Morgan fingerprint density at radius 3 is 2.52 bits per heavy atom. The normalized spacial score (nSPS) is 39.3. The number of amidine groups is 1. The Labute approximate surface area is 243 Å². The minimum Gasteiger partial charge on any atom is -0.381 e. The van der Waals surface area contributed by atoms with Crippen LogP contribution in [0.25, 0.3) is 0 Å². The molecule has 1 N–H and O–H groups in total. The number of hydrogen-bond donors (Lipinski definition) is 1. The summed E-state index contributed by atoms with van der Waals surface area (Å²) >= 11 is 6.51. The van der Waals surface area contributed by atoms with Crippen molar-refractivity contribution in [3.8, 4) is 0 Å². The Bertz CT molecular complexity index is 929. The smallest absolute Gasteiger partial charge is 0.326 e. The molecular formula is C30H48ClFN4O4. The molecule has 7 atom stereocenters. The van der Waals surface area contributed by atoms with E-state index < -0.39 is 6.17 Å². The first-order chi connectivity index (χ1) is 19.2. The summed E-state index contributed by atoms with van der Waals surface area (Å²) < 4.78 is 27.1. The van der Waals surface area contributed by atoms with E-state index in [9.17, 15) is 14.0 Å². The van der Waals surface area contributed by atoms with E-state index in [1.165, 1.54) is 0 Å². The number of urea groups is 1. The number of halogens is 2. The third kappa shape index (κ3) is 6.62. The summed E-state index contributed by atoms with van der Waals surface area (Å²) in [5.41, 5.74) is 0. The van der Waals surface area contributed by atoms with E-state index >= 15 is 0 Å². The lowest BCUT2D eigenvalue weighted by atomic mass is 9.73. The van der Waals surface area contributed by atoms with Gasteiger partial charge < -0.3 is 19.7 Å². The van der Waals surface area contributed by atoms with Gasteiger partial charge in [-0.05, 0) is 83.5 Å². The predicted octanol–water partition coefficient (Wildman–Crippen LogP) is 4.92. The van der Waals surface area contributed by atoms with Crippen molar-refractivity contribution in [1.29, 1.82) is 0 Å². The van der Waals surface area contributed by atoms with E-state index in [-0.39, 0.29) is 66.1 Å². The highest BCUT2D eigenvalue weighted by molar-refractivity contribution is 6.20. The number of carbonyl (C=O) groups excluding carboxylic acids is 2. The second-order valence-electron chi connectivity index (χ2n) is 12.9. The second kappa shape index (κ2) is 13.2. The molecule has 5 rings (SSSR count). The first-order valence-corrected chi connectivity index (χ1v) is 16.1. The lowest BCUT2D eigenvalue weighted by molar-refractivity contribution is -0.123. The maximum Gasteiger partial charge on any atom is 0.326 e. The van der Waals surface area contributed by atoms with E-state index in [0.717, 1.165) is 63.6 Å². The maximum absolute atomic E-state index is 14.9. The van der Waals surface area contributed by atoms with Crippen LogP contribution in [-0.2, 0) is 14.3 Å². The molecule has 40 heavy (non-hydrogen) atoms. The van der Waals surface area contributed by atoms with Crippen LogP contribution in [0.15, 0.2) is 4.99 Å². The van der Waals surface area contributed by atoms with Crippen LogP contribution in [0.1, 0.15) is 84.5 Å². The van der Waals surface area contributed by atoms with E-state index in [2.05, 4.69) is 5.32 Å². The van der Waals surface area contributed by atoms with Crippen LogP contribution < -0.4 is 5.32 Å². The number of nitrogens with zero attached hydrogens (tertiary/aromatic N) is 3. The van der Waals surface area contributed by atoms with Crippen molar-refractivity contribution in [3.05, 3.63) is 0 Å². The van der Waals surface area contributed by atoms with Crippen LogP contribution in [0.2, 0.25) is 0 Å². The average Bonchev–Trinajstić information content (AvgIpc) is 3.33. The van der Waals surface area contributed by atoms with Gasteiger partial charge in [0.1, 0.15) is 18.6 Å². The molecule has 226 valence electrons. The fraction of sp³-hybridized carbons (Fsp3) is 0.900. The van der Waals surface area contributed by atoms with Gasteiger partial charge in [-0.1, -0.05) is 6.42 Å². The Morgan fingerprint density at radius 2 is 1.85 bits per heavy atom. The zero-order valence-corrected chi connectivity index (χ0v) is 25.2. The topological polar surface area (TPSA) is 83.5 Å². The van der Waals surface area contributed by atoms with Gasteiger partial charge in [-0.2, -0.15) is 0 Å². The lowest BCUT2D eigenvalue weighted by Crippen LogP contribution is -2.60. The number of alkyl halides is 2. The van der Waals surface area contributed by atoms with Crippen molar-refractivity contribution in [3.63, 3.8) is 0 Å². The van der Waals surface area contributed by atoms with Crippen LogP contribution in [-0.4, -0.2) is 96.3 Å². The standard InChI is InChI=1S/C30H48ClFN4O4/c1-18(2)40-25-16-23(39-3)11-12-24(25)29-34-27(19-7-9-21(31)10-8-19)28(20-5-4-6-22(32)15-20)36(29)30(38)35-14-13-33-26(37)17-35/h18-25,27-28H,4-17H2,1-3H3,(H,33,37)/t19?,20?,21?,22?,23?,24?,25?,27-,28+/m1/s1. The third-order valence-corrected chi connectivity index (χ3v) is 10.3. The van der Waals surface area contributed by atoms with Crippen molar-refractivity contribution in [2.45, 2.75) is 126 Å². The van der Waals surface area contributed by atoms with Crippen molar-refractivity contribution in [2.75, 3.05) is 26.7 Å². The minimum absolute atomic E-state index is 0.0243. The van der Waals surface area contributed by atoms with Gasteiger partial charge in [0.15, 0.2) is 0 Å². The first kappa shape index (κ1) is 30.0. The molecule has 1 saturated heterocycles. The SMILES string of the molecule is COC1CCC(C2=N[C@H](C3CCC(Cl)CC3)[C@H](C3CCCC(F)C3)N2C(=O)N2CCNC(=O)C2)C(OC(C)C)C1. The number of piperazine rings is 1. The van der Waals surface area contributed by atoms with Crippen molar-refractivity contribution < 1.29 is 23.5 Å². The summed E-state index contributed by atoms with van der Waals surface area (Å²) in [6.45, 7) is 5.02. The van der Waals surface area contributed by atoms with Crippen molar-refractivity contribution in [1.82, 2.24) is 15.1 Å². The molecule has 5 aliphatic rings. The second-order valence-corrected chi connectivity index (χ2v) is 13.5. The molecular weight excluding hydrogens is 535 g/mol. The monoisotopic (exact) mass is 582 g/mol. The van der Waals surface area contributed by atoms with Gasteiger partial charge in [-0.25, -0.2) is 9.18 Å². The molecule has 0 radical (unpaired) electrons. The number of hydrogen-bond acceptors (Lipinski definition) is 5. The number of amides is 3.